The van der Waals surface area contributed by atoms with E-state index in [4.69, 9.17) is 19.4 Å². The summed E-state index contributed by atoms with van der Waals surface area (Å²) in [6.07, 6.45) is 0. The van der Waals surface area contributed by atoms with Crippen LogP contribution in [0.25, 0.3) is 130 Å². The minimum atomic E-state index is -0.0133. The zero-order valence-corrected chi connectivity index (χ0v) is 37.6. The normalized spacial score (nSPS) is 13.1. The molecule has 13 aromatic rings. The third-order valence-electron chi connectivity index (χ3n) is 13.8. The molecule has 4 nitrogen and oxygen atoms in total. The molecule has 4 heterocycles. The van der Waals surface area contributed by atoms with Crippen LogP contribution in [0, 0.1) is 0 Å². The molecule has 0 aliphatic heterocycles. The van der Waals surface area contributed by atoms with Crippen molar-refractivity contribution in [1.82, 2.24) is 15.0 Å². The van der Waals surface area contributed by atoms with E-state index in [0.717, 1.165) is 59.8 Å². The summed E-state index contributed by atoms with van der Waals surface area (Å²) in [7, 11) is 0. The van der Waals surface area contributed by atoms with Crippen LogP contribution >= 0.6 is 22.7 Å². The number of fused-ring (bicyclic) bond motifs is 12. The fourth-order valence-corrected chi connectivity index (χ4v) is 12.9. The molecule has 1 aliphatic carbocycles. The molecule has 0 spiro atoms. The summed E-state index contributed by atoms with van der Waals surface area (Å²) in [6.45, 7) is 4.66. The van der Waals surface area contributed by atoms with Crippen molar-refractivity contribution in [2.24, 2.45) is 0 Å². The van der Waals surface area contributed by atoms with Crippen LogP contribution in [0.2, 0.25) is 0 Å². The largest absolute Gasteiger partial charge is 0.456 e. The van der Waals surface area contributed by atoms with Crippen molar-refractivity contribution in [3.8, 4) is 67.5 Å². The SMILES string of the molecule is CC1(C)c2ccccc2-c2cc(-c3ccc(-c4ccc5oc6cccc(-c7nc(-c8cccc9c8sc8ccccc89)nc(-c8cccc9sc%10ccccc%10c89)n7)c6c5c4)cc3)ccc21. The average Bonchev–Trinajstić information content (AvgIpc) is 4.11. The summed E-state index contributed by atoms with van der Waals surface area (Å²) in [5.41, 5.74) is 14.6. The van der Waals surface area contributed by atoms with Gasteiger partial charge in [0.1, 0.15) is 11.2 Å². The molecule has 0 N–H and O–H groups in total. The Hall–Kier alpha value is -7.77. The minimum Gasteiger partial charge on any atom is -0.456 e. The lowest BCUT2D eigenvalue weighted by Crippen LogP contribution is -2.14. The van der Waals surface area contributed by atoms with Gasteiger partial charge in [0.25, 0.3) is 0 Å². The van der Waals surface area contributed by atoms with Gasteiger partial charge < -0.3 is 4.42 Å². The van der Waals surface area contributed by atoms with Crippen molar-refractivity contribution >= 4 is 85.0 Å². The molecular formula is C60H37N3OS2. The summed E-state index contributed by atoms with van der Waals surface area (Å²) >= 11 is 3.58. The van der Waals surface area contributed by atoms with Gasteiger partial charge in [0.15, 0.2) is 17.5 Å². The molecule has 0 atom stereocenters. The van der Waals surface area contributed by atoms with Crippen LogP contribution in [-0.2, 0) is 5.41 Å². The van der Waals surface area contributed by atoms with Gasteiger partial charge in [-0.3, -0.25) is 0 Å². The molecule has 0 amide bonds. The van der Waals surface area contributed by atoms with E-state index in [1.54, 1.807) is 22.7 Å². The van der Waals surface area contributed by atoms with Crippen molar-refractivity contribution in [3.63, 3.8) is 0 Å². The lowest BCUT2D eigenvalue weighted by atomic mass is 9.82. The molecular weight excluding hydrogens is 843 g/mol. The molecule has 0 fully saturated rings. The van der Waals surface area contributed by atoms with Crippen molar-refractivity contribution in [2.75, 3.05) is 0 Å². The molecule has 0 saturated heterocycles. The Kier molecular flexibility index (Phi) is 8.04. The van der Waals surface area contributed by atoms with E-state index in [2.05, 4.69) is 190 Å². The molecule has 6 heteroatoms. The van der Waals surface area contributed by atoms with Gasteiger partial charge in [-0.25, -0.2) is 15.0 Å². The van der Waals surface area contributed by atoms with E-state index >= 15 is 0 Å². The molecule has 14 rings (SSSR count). The second kappa shape index (κ2) is 14.1. The first-order chi connectivity index (χ1) is 32.4. The molecule has 0 unspecified atom stereocenters. The van der Waals surface area contributed by atoms with Crippen LogP contribution in [-0.4, -0.2) is 15.0 Å². The van der Waals surface area contributed by atoms with E-state index in [-0.39, 0.29) is 5.41 Å². The Bertz CT molecular complexity index is 4150. The number of thiophene rings is 2. The number of nitrogens with zero attached hydrogens (tertiary/aromatic N) is 3. The predicted octanol–water partition coefficient (Wildman–Crippen LogP) is 17.1. The summed E-state index contributed by atoms with van der Waals surface area (Å²) in [5, 5.41) is 6.80. The van der Waals surface area contributed by atoms with Crippen molar-refractivity contribution in [2.45, 2.75) is 19.3 Å². The summed E-state index contributed by atoms with van der Waals surface area (Å²) in [4.78, 5) is 16.2. The van der Waals surface area contributed by atoms with Gasteiger partial charge in [0.2, 0.25) is 0 Å². The van der Waals surface area contributed by atoms with E-state index in [1.165, 1.54) is 63.6 Å². The molecule has 9 aromatic carbocycles. The van der Waals surface area contributed by atoms with Gasteiger partial charge in [-0.1, -0.05) is 153 Å². The van der Waals surface area contributed by atoms with Crippen LogP contribution in [0.4, 0.5) is 0 Å². The number of hydrogen-bond donors (Lipinski definition) is 0. The zero-order valence-electron chi connectivity index (χ0n) is 36.0. The number of aromatic nitrogens is 3. The average molecular weight is 880 g/mol. The third kappa shape index (κ3) is 5.59. The fraction of sp³-hybridized carbons (Fsp3) is 0.0500. The van der Waals surface area contributed by atoms with Crippen LogP contribution in [0.1, 0.15) is 25.0 Å². The highest BCUT2D eigenvalue weighted by Gasteiger charge is 2.35. The first kappa shape index (κ1) is 37.6. The van der Waals surface area contributed by atoms with Crippen LogP contribution in [0.5, 0.6) is 0 Å². The van der Waals surface area contributed by atoms with Gasteiger partial charge in [-0.15, -0.1) is 22.7 Å². The number of hydrogen-bond acceptors (Lipinski definition) is 6. The quantitative estimate of drug-likeness (QED) is 0.173. The van der Waals surface area contributed by atoms with Crippen LogP contribution in [0.15, 0.2) is 192 Å². The Morgan fingerprint density at radius 2 is 0.909 bits per heavy atom. The highest BCUT2D eigenvalue weighted by molar-refractivity contribution is 7.26. The maximum Gasteiger partial charge on any atom is 0.165 e. The highest BCUT2D eigenvalue weighted by atomic mass is 32.1. The smallest absolute Gasteiger partial charge is 0.165 e. The van der Waals surface area contributed by atoms with Gasteiger partial charge in [0.05, 0.1) is 0 Å². The second-order valence-corrected chi connectivity index (χ2v) is 20.0. The summed E-state index contributed by atoms with van der Waals surface area (Å²) < 4.78 is 11.4. The molecule has 66 heavy (non-hydrogen) atoms. The van der Waals surface area contributed by atoms with Crippen molar-refractivity contribution in [3.05, 3.63) is 199 Å². The summed E-state index contributed by atoms with van der Waals surface area (Å²) in [6, 6.07) is 67.6. The van der Waals surface area contributed by atoms with Crippen LogP contribution in [0.3, 0.4) is 0 Å². The standard InChI is InChI=1S/C60H37N3OS2/c1-60(2)47-19-6-3-12-38(47)45-32-36(28-30-48(45)60)34-24-26-35(27-25-34)37-29-31-49-46(33-37)54-42(16-10-20-50(54)64-49)57-61-58(43-17-11-23-53-55(43)41-14-5-8-22-52(41)65-53)63-59(62-57)44-18-9-15-40-39-13-4-7-21-51(39)66-56(40)44/h3-33H,1-2H3. The highest BCUT2D eigenvalue weighted by Crippen LogP contribution is 2.50. The van der Waals surface area contributed by atoms with Crippen LogP contribution < -0.4 is 0 Å². The Labute approximate surface area is 388 Å². The van der Waals surface area contributed by atoms with Gasteiger partial charge in [-0.05, 0) is 93.0 Å². The first-order valence-electron chi connectivity index (χ1n) is 22.3. The number of rotatable bonds is 5. The van der Waals surface area contributed by atoms with E-state index in [9.17, 15) is 0 Å². The molecule has 310 valence electrons. The van der Waals surface area contributed by atoms with E-state index < -0.39 is 0 Å². The zero-order chi connectivity index (χ0) is 43.7. The van der Waals surface area contributed by atoms with Gasteiger partial charge in [0, 0.05) is 73.2 Å². The van der Waals surface area contributed by atoms with E-state index in [0.29, 0.717) is 17.5 Å². The van der Waals surface area contributed by atoms with Crippen molar-refractivity contribution in [1.29, 1.82) is 0 Å². The number of benzene rings is 9. The Balaban J connectivity index is 0.923. The molecule has 0 radical (unpaired) electrons. The lowest BCUT2D eigenvalue weighted by molar-refractivity contribution is 0.660. The van der Waals surface area contributed by atoms with Gasteiger partial charge in [-0.2, -0.15) is 0 Å². The monoisotopic (exact) mass is 879 g/mol. The van der Waals surface area contributed by atoms with Crippen molar-refractivity contribution < 1.29 is 4.42 Å². The second-order valence-electron chi connectivity index (χ2n) is 17.9. The number of furan rings is 1. The molecule has 0 bridgehead atoms. The third-order valence-corrected chi connectivity index (χ3v) is 16.2. The summed E-state index contributed by atoms with van der Waals surface area (Å²) in [5.74, 6) is 1.89. The fourth-order valence-electron chi connectivity index (χ4n) is 10.6. The molecule has 0 saturated carbocycles. The van der Waals surface area contributed by atoms with Gasteiger partial charge >= 0.3 is 0 Å². The molecule has 4 aromatic heterocycles. The maximum absolute atomic E-state index is 6.61. The molecule has 1 aliphatic rings. The minimum absolute atomic E-state index is 0.0133. The Morgan fingerprint density at radius 3 is 1.71 bits per heavy atom. The van der Waals surface area contributed by atoms with E-state index in [1.807, 2.05) is 12.1 Å². The maximum atomic E-state index is 6.61. The predicted molar refractivity (Wildman–Crippen MR) is 278 cm³/mol. The Morgan fingerprint density at radius 1 is 0.364 bits per heavy atom. The first-order valence-corrected chi connectivity index (χ1v) is 24.0. The topological polar surface area (TPSA) is 51.8 Å². The lowest BCUT2D eigenvalue weighted by Gasteiger charge is -2.21.